The SMILES string of the molecule is CC#Cc1nc(-c2cc(N)cc(Cl)c2C2CC2)c(F)c2nc(OC[C@@]34CCCN3C[C@H](F)C4)nc(N3C[C@H]4CC[C@@H](C3)N4)c12. The first kappa shape index (κ1) is 28.2. The molecule has 3 aromatic rings. The third-order valence-corrected chi connectivity index (χ3v) is 10.4. The van der Waals surface area contributed by atoms with E-state index in [4.69, 9.17) is 37.0 Å². The standard InChI is InChI=1S/C33H36ClF2N7O/c1-2-4-25-27-30(28(36)29(39-25)23-11-20(37)12-24(34)26(23)18-5-6-18)40-32(41-31(27)42-15-21-7-8-22(16-42)38-21)44-17-33-9-3-10-43(33)14-19(35)13-33/h11-12,18-19,21-22,38H,3,5-10,13-17,37H2,1H3/t19-,21-,22+,33+/m1/s1. The maximum Gasteiger partial charge on any atom is 0.319 e. The molecule has 2 bridgehead atoms. The Morgan fingerprint density at radius 3 is 2.68 bits per heavy atom. The predicted molar refractivity (Wildman–Crippen MR) is 167 cm³/mol. The number of pyridine rings is 1. The molecule has 8 rings (SSSR count). The van der Waals surface area contributed by atoms with E-state index in [1.165, 1.54) is 0 Å². The Hall–Kier alpha value is -3.26. The molecule has 11 heteroatoms. The number of hydrogen-bond donors (Lipinski definition) is 2. The van der Waals surface area contributed by atoms with Crippen molar-refractivity contribution in [2.45, 2.75) is 81.6 Å². The zero-order valence-corrected chi connectivity index (χ0v) is 25.6. The molecular formula is C33H36ClF2N7O. The topological polar surface area (TPSA) is 92.4 Å². The van der Waals surface area contributed by atoms with E-state index in [1.807, 2.05) is 0 Å². The van der Waals surface area contributed by atoms with Crippen LogP contribution in [0.1, 0.15) is 69.0 Å². The number of aromatic nitrogens is 3. The largest absolute Gasteiger partial charge is 0.461 e. The molecule has 5 aliphatic rings. The van der Waals surface area contributed by atoms with Crippen LogP contribution in [0.15, 0.2) is 12.1 Å². The number of nitrogens with two attached hydrogens (primary N) is 1. The summed E-state index contributed by atoms with van der Waals surface area (Å²) in [7, 11) is 0. The zero-order valence-electron chi connectivity index (χ0n) is 24.8. The van der Waals surface area contributed by atoms with E-state index in [-0.39, 0.29) is 35.3 Å². The molecule has 0 unspecified atom stereocenters. The van der Waals surface area contributed by atoms with Gasteiger partial charge in [-0.3, -0.25) is 4.90 Å². The van der Waals surface area contributed by atoms with Gasteiger partial charge in [0.1, 0.15) is 35.5 Å². The summed E-state index contributed by atoms with van der Waals surface area (Å²) >= 11 is 6.69. The van der Waals surface area contributed by atoms with Crippen LogP contribution in [0.25, 0.3) is 22.2 Å². The first-order valence-electron chi connectivity index (χ1n) is 15.8. The van der Waals surface area contributed by atoms with E-state index in [0.29, 0.717) is 58.2 Å². The highest BCUT2D eigenvalue weighted by Crippen LogP contribution is 2.49. The normalized spacial score (nSPS) is 27.9. The Morgan fingerprint density at radius 1 is 1.14 bits per heavy atom. The van der Waals surface area contributed by atoms with Gasteiger partial charge in [0.25, 0.3) is 0 Å². The van der Waals surface area contributed by atoms with Crippen LogP contribution in [-0.4, -0.2) is 76.4 Å². The maximum atomic E-state index is 17.0. The van der Waals surface area contributed by atoms with Crippen molar-refractivity contribution in [3.05, 3.63) is 34.2 Å². The van der Waals surface area contributed by atoms with Gasteiger partial charge in [0.2, 0.25) is 0 Å². The molecule has 0 amide bonds. The minimum atomic E-state index is -0.879. The molecule has 8 nitrogen and oxygen atoms in total. The molecule has 1 aromatic carbocycles. The first-order chi connectivity index (χ1) is 21.3. The predicted octanol–water partition coefficient (Wildman–Crippen LogP) is 5.21. The van der Waals surface area contributed by atoms with Crippen LogP contribution < -0.4 is 20.7 Å². The second kappa shape index (κ2) is 10.7. The number of alkyl halides is 1. The Labute approximate surface area is 260 Å². The lowest BCUT2D eigenvalue weighted by Gasteiger charge is -2.35. The Kier molecular flexibility index (Phi) is 6.85. The fourth-order valence-electron chi connectivity index (χ4n) is 8.05. The second-order valence-corrected chi connectivity index (χ2v) is 13.6. The molecular weight excluding hydrogens is 584 g/mol. The number of ether oxygens (including phenoxy) is 1. The zero-order chi connectivity index (χ0) is 30.2. The number of benzene rings is 1. The molecule has 6 heterocycles. The van der Waals surface area contributed by atoms with Crippen LogP contribution in [-0.2, 0) is 0 Å². The lowest BCUT2D eigenvalue weighted by molar-refractivity contribution is 0.107. The number of nitrogens with one attached hydrogen (secondary N) is 1. The number of anilines is 2. The highest BCUT2D eigenvalue weighted by Gasteiger charge is 2.49. The number of piperazine rings is 1. The summed E-state index contributed by atoms with van der Waals surface area (Å²) in [5.41, 5.74) is 8.33. The number of nitrogens with zero attached hydrogens (tertiary/aromatic N) is 5. The summed E-state index contributed by atoms with van der Waals surface area (Å²) in [5.74, 6) is 6.31. The van der Waals surface area contributed by atoms with Gasteiger partial charge < -0.3 is 20.7 Å². The Balaban J connectivity index is 1.30. The Morgan fingerprint density at radius 2 is 1.93 bits per heavy atom. The van der Waals surface area contributed by atoms with Gasteiger partial charge in [-0.25, -0.2) is 13.8 Å². The summed E-state index contributed by atoms with van der Waals surface area (Å²) in [6, 6.07) is 4.19. The van der Waals surface area contributed by atoms with Gasteiger partial charge in [-0.05, 0) is 81.5 Å². The number of nitrogen functional groups attached to an aromatic ring is 1. The minimum Gasteiger partial charge on any atom is -0.461 e. The molecule has 4 aliphatic heterocycles. The molecule has 44 heavy (non-hydrogen) atoms. The van der Waals surface area contributed by atoms with Gasteiger partial charge >= 0.3 is 6.01 Å². The number of halogens is 3. The lowest BCUT2D eigenvalue weighted by Crippen LogP contribution is -2.51. The molecule has 0 radical (unpaired) electrons. The molecule has 4 atom stereocenters. The summed E-state index contributed by atoms with van der Waals surface area (Å²) in [4.78, 5) is 18.8. The monoisotopic (exact) mass is 619 g/mol. The van der Waals surface area contributed by atoms with Gasteiger partial charge in [0.15, 0.2) is 5.82 Å². The fraction of sp³-hybridized carbons (Fsp3) is 0.545. The average Bonchev–Trinajstić information content (AvgIpc) is 3.57. The van der Waals surface area contributed by atoms with E-state index in [9.17, 15) is 4.39 Å². The van der Waals surface area contributed by atoms with Crippen LogP contribution in [0.5, 0.6) is 6.01 Å². The van der Waals surface area contributed by atoms with Gasteiger partial charge in [-0.2, -0.15) is 9.97 Å². The van der Waals surface area contributed by atoms with E-state index >= 15 is 4.39 Å². The first-order valence-corrected chi connectivity index (χ1v) is 16.2. The molecule has 2 aromatic heterocycles. The summed E-state index contributed by atoms with van der Waals surface area (Å²) in [5, 5.41) is 4.65. The molecule has 5 fully saturated rings. The van der Waals surface area contributed by atoms with E-state index in [1.54, 1.807) is 19.1 Å². The van der Waals surface area contributed by atoms with Gasteiger partial charge in [0.05, 0.1) is 10.9 Å². The molecule has 0 spiro atoms. The summed E-state index contributed by atoms with van der Waals surface area (Å²) < 4.78 is 37.8. The van der Waals surface area contributed by atoms with Crippen molar-refractivity contribution in [3.63, 3.8) is 0 Å². The number of fused-ring (bicyclic) bond motifs is 4. The van der Waals surface area contributed by atoms with Crippen molar-refractivity contribution in [3.8, 4) is 29.1 Å². The fourth-order valence-corrected chi connectivity index (χ4v) is 8.44. The highest BCUT2D eigenvalue weighted by atomic mass is 35.5. The van der Waals surface area contributed by atoms with Crippen molar-refractivity contribution in [1.82, 2.24) is 25.2 Å². The lowest BCUT2D eigenvalue weighted by atomic mass is 9.95. The van der Waals surface area contributed by atoms with Crippen molar-refractivity contribution in [1.29, 1.82) is 0 Å². The highest BCUT2D eigenvalue weighted by molar-refractivity contribution is 6.32. The van der Waals surface area contributed by atoms with Crippen molar-refractivity contribution >= 4 is 34.0 Å². The third-order valence-electron chi connectivity index (χ3n) is 10.1. The number of hydrogen-bond acceptors (Lipinski definition) is 8. The molecule has 1 saturated carbocycles. The van der Waals surface area contributed by atoms with Crippen molar-refractivity contribution in [2.24, 2.45) is 0 Å². The number of rotatable bonds is 6. The van der Waals surface area contributed by atoms with E-state index in [2.05, 4.69) is 27.0 Å². The second-order valence-electron chi connectivity index (χ2n) is 13.2. The summed E-state index contributed by atoms with van der Waals surface area (Å²) in [6.45, 7) is 4.71. The third kappa shape index (κ3) is 4.75. The Bertz CT molecular complexity index is 1710. The summed E-state index contributed by atoms with van der Waals surface area (Å²) in [6.07, 6.45) is 5.50. The van der Waals surface area contributed by atoms with E-state index in [0.717, 1.165) is 63.7 Å². The van der Waals surface area contributed by atoms with Gasteiger partial charge in [-0.15, -0.1) is 0 Å². The van der Waals surface area contributed by atoms with Gasteiger partial charge in [-0.1, -0.05) is 17.5 Å². The molecule has 230 valence electrons. The molecule has 3 N–H and O–H groups in total. The van der Waals surface area contributed by atoms with Crippen LogP contribution >= 0.6 is 11.6 Å². The quantitative estimate of drug-likeness (QED) is 0.287. The van der Waals surface area contributed by atoms with Crippen LogP contribution in [0.4, 0.5) is 20.3 Å². The van der Waals surface area contributed by atoms with E-state index < -0.39 is 12.0 Å². The minimum absolute atomic E-state index is 0.0846. The van der Waals surface area contributed by atoms with Crippen molar-refractivity contribution in [2.75, 3.05) is 43.4 Å². The van der Waals surface area contributed by atoms with Crippen LogP contribution in [0.2, 0.25) is 5.02 Å². The maximum absolute atomic E-state index is 17.0. The molecule has 4 saturated heterocycles. The molecule has 1 aliphatic carbocycles. The smallest absolute Gasteiger partial charge is 0.319 e. The van der Waals surface area contributed by atoms with Crippen LogP contribution in [0.3, 0.4) is 0 Å². The van der Waals surface area contributed by atoms with Gasteiger partial charge in [0, 0.05) is 54.4 Å². The average molecular weight is 620 g/mol. The van der Waals surface area contributed by atoms with Crippen LogP contribution in [0, 0.1) is 17.7 Å². The van der Waals surface area contributed by atoms with Crippen molar-refractivity contribution < 1.29 is 13.5 Å².